The summed E-state index contributed by atoms with van der Waals surface area (Å²) >= 11 is 6.06. The second-order valence-corrected chi connectivity index (χ2v) is 11.1. The summed E-state index contributed by atoms with van der Waals surface area (Å²) in [5.74, 6) is 0.557. The first-order valence-electron chi connectivity index (χ1n) is 12.2. The van der Waals surface area contributed by atoms with E-state index in [2.05, 4.69) is 31.4 Å². The molecule has 0 saturated heterocycles. The lowest BCUT2D eigenvalue weighted by molar-refractivity contribution is -0.116. The summed E-state index contributed by atoms with van der Waals surface area (Å²) in [6.07, 6.45) is 5.51. The van der Waals surface area contributed by atoms with Crippen molar-refractivity contribution in [3.8, 4) is 5.69 Å². The van der Waals surface area contributed by atoms with Gasteiger partial charge in [-0.15, -0.1) is 0 Å². The number of anilines is 1. The normalized spacial score (nSPS) is 14.8. The smallest absolute Gasteiger partial charge is 0.318 e. The summed E-state index contributed by atoms with van der Waals surface area (Å²) in [7, 11) is 0. The van der Waals surface area contributed by atoms with Gasteiger partial charge in [0.2, 0.25) is 5.91 Å². The molecule has 1 heterocycles. The largest absolute Gasteiger partial charge is 0.335 e. The van der Waals surface area contributed by atoms with Crippen LogP contribution < -0.4 is 10.6 Å². The summed E-state index contributed by atoms with van der Waals surface area (Å²) in [5.41, 5.74) is 1.46. The highest BCUT2D eigenvalue weighted by Gasteiger charge is 2.25. The number of benzene rings is 1. The molecular formula is C26H38ClN5O2. The standard InChI is InChI=1S/C26H38ClN5O2/c1-18(2)16-31(25(34)28-20-9-7-6-8-10-20)17-24(33)29-23-15-22(26(3,4)5)30-32(23)21-13-11-19(27)12-14-21/h11-15,18,20H,6-10,16-17H2,1-5H3,(H,28,34)(H,29,33). The monoisotopic (exact) mass is 487 g/mol. The van der Waals surface area contributed by atoms with Gasteiger partial charge in [0, 0.05) is 29.1 Å². The molecule has 8 heteroatoms. The number of nitrogens with one attached hydrogen (secondary N) is 2. The van der Waals surface area contributed by atoms with E-state index in [4.69, 9.17) is 16.7 Å². The number of hydrogen-bond donors (Lipinski definition) is 2. The molecular weight excluding hydrogens is 450 g/mol. The summed E-state index contributed by atoms with van der Waals surface area (Å²) in [4.78, 5) is 27.7. The Bertz CT molecular complexity index is 972. The Kier molecular flexibility index (Phi) is 8.63. The van der Waals surface area contributed by atoms with Crippen molar-refractivity contribution in [3.63, 3.8) is 0 Å². The minimum atomic E-state index is -0.255. The number of carbonyl (C=O) groups excluding carboxylic acids is 2. The van der Waals surface area contributed by atoms with Gasteiger partial charge in [-0.05, 0) is 43.0 Å². The van der Waals surface area contributed by atoms with Crippen LogP contribution in [-0.4, -0.2) is 45.8 Å². The number of aromatic nitrogens is 2. The maximum atomic E-state index is 13.1. The number of nitrogens with zero attached hydrogens (tertiary/aromatic N) is 3. The van der Waals surface area contributed by atoms with Crippen molar-refractivity contribution in [1.82, 2.24) is 20.0 Å². The summed E-state index contributed by atoms with van der Waals surface area (Å²) < 4.78 is 1.71. The first-order valence-corrected chi connectivity index (χ1v) is 12.6. The molecule has 1 saturated carbocycles. The molecule has 0 spiro atoms. The van der Waals surface area contributed by atoms with E-state index < -0.39 is 0 Å². The number of hydrogen-bond acceptors (Lipinski definition) is 3. The third kappa shape index (κ3) is 7.23. The third-order valence-electron chi connectivity index (χ3n) is 5.96. The SMILES string of the molecule is CC(C)CN(CC(=O)Nc1cc(C(C)(C)C)nn1-c1ccc(Cl)cc1)C(=O)NC1CCCCC1. The lowest BCUT2D eigenvalue weighted by atomic mass is 9.92. The van der Waals surface area contributed by atoms with E-state index in [1.165, 1.54) is 6.42 Å². The van der Waals surface area contributed by atoms with Crippen LogP contribution >= 0.6 is 11.6 Å². The molecule has 1 aromatic carbocycles. The zero-order valence-electron chi connectivity index (χ0n) is 21.0. The van der Waals surface area contributed by atoms with Crippen molar-refractivity contribution < 1.29 is 9.59 Å². The second-order valence-electron chi connectivity index (χ2n) is 10.7. The van der Waals surface area contributed by atoms with E-state index in [0.717, 1.165) is 37.1 Å². The van der Waals surface area contributed by atoms with Gasteiger partial charge in [-0.3, -0.25) is 4.79 Å². The molecule has 3 amide bonds. The highest BCUT2D eigenvalue weighted by molar-refractivity contribution is 6.30. The number of rotatable bonds is 7. The van der Waals surface area contributed by atoms with Crippen LogP contribution in [-0.2, 0) is 10.2 Å². The van der Waals surface area contributed by atoms with Gasteiger partial charge in [-0.2, -0.15) is 5.10 Å². The molecule has 186 valence electrons. The lowest BCUT2D eigenvalue weighted by Crippen LogP contribution is -2.49. The highest BCUT2D eigenvalue weighted by Crippen LogP contribution is 2.27. The molecule has 1 aliphatic carbocycles. The molecule has 0 aliphatic heterocycles. The Morgan fingerprint density at radius 1 is 1.15 bits per heavy atom. The zero-order chi connectivity index (χ0) is 24.9. The molecule has 2 N–H and O–H groups in total. The molecule has 0 bridgehead atoms. The fourth-order valence-electron chi connectivity index (χ4n) is 4.14. The van der Waals surface area contributed by atoms with E-state index in [1.807, 2.05) is 32.0 Å². The molecule has 3 rings (SSSR count). The van der Waals surface area contributed by atoms with Crippen LogP contribution in [0.4, 0.5) is 10.6 Å². The van der Waals surface area contributed by atoms with Crippen LogP contribution in [0.1, 0.15) is 72.4 Å². The van der Waals surface area contributed by atoms with E-state index >= 15 is 0 Å². The van der Waals surface area contributed by atoms with Crippen molar-refractivity contribution in [3.05, 3.63) is 41.0 Å². The van der Waals surface area contributed by atoms with E-state index in [-0.39, 0.29) is 35.9 Å². The van der Waals surface area contributed by atoms with Crippen LogP contribution in [0, 0.1) is 5.92 Å². The first-order chi connectivity index (χ1) is 16.0. The van der Waals surface area contributed by atoms with Crippen LogP contribution in [0.3, 0.4) is 0 Å². The van der Waals surface area contributed by atoms with Crippen molar-refractivity contribution in [2.24, 2.45) is 5.92 Å². The van der Waals surface area contributed by atoms with Crippen LogP contribution in [0.15, 0.2) is 30.3 Å². The number of amides is 3. The predicted molar refractivity (Wildman–Crippen MR) is 138 cm³/mol. The number of carbonyl (C=O) groups is 2. The van der Waals surface area contributed by atoms with Gasteiger partial charge in [-0.25, -0.2) is 9.48 Å². The molecule has 1 aromatic heterocycles. The minimum Gasteiger partial charge on any atom is -0.335 e. The fourth-order valence-corrected chi connectivity index (χ4v) is 4.27. The Hall–Kier alpha value is -2.54. The number of halogens is 1. The maximum Gasteiger partial charge on any atom is 0.318 e. The Morgan fingerprint density at radius 2 is 1.79 bits per heavy atom. The summed E-state index contributed by atoms with van der Waals surface area (Å²) in [5, 5.41) is 11.5. The van der Waals surface area contributed by atoms with Gasteiger partial charge in [0.05, 0.1) is 11.4 Å². The molecule has 2 aromatic rings. The fraction of sp³-hybridized carbons (Fsp3) is 0.577. The van der Waals surface area contributed by atoms with E-state index in [0.29, 0.717) is 17.4 Å². The van der Waals surface area contributed by atoms with Crippen LogP contribution in [0.25, 0.3) is 5.69 Å². The average Bonchev–Trinajstić information content (AvgIpc) is 3.18. The lowest BCUT2D eigenvalue weighted by Gasteiger charge is -2.29. The molecule has 0 unspecified atom stereocenters. The van der Waals surface area contributed by atoms with Gasteiger partial charge >= 0.3 is 6.03 Å². The summed E-state index contributed by atoms with van der Waals surface area (Å²) in [6.45, 7) is 10.8. The Labute approximate surface area is 208 Å². The third-order valence-corrected chi connectivity index (χ3v) is 6.21. The maximum absolute atomic E-state index is 13.1. The number of urea groups is 1. The second kappa shape index (κ2) is 11.3. The quantitative estimate of drug-likeness (QED) is 0.520. The average molecular weight is 488 g/mol. The van der Waals surface area contributed by atoms with E-state index in [1.54, 1.807) is 21.7 Å². The summed E-state index contributed by atoms with van der Waals surface area (Å²) in [6, 6.07) is 9.22. The van der Waals surface area contributed by atoms with Crippen molar-refractivity contribution >= 4 is 29.4 Å². The first kappa shape index (κ1) is 26.1. The van der Waals surface area contributed by atoms with E-state index in [9.17, 15) is 9.59 Å². The van der Waals surface area contributed by atoms with Gasteiger partial charge < -0.3 is 15.5 Å². The minimum absolute atomic E-state index is 0.0205. The topological polar surface area (TPSA) is 79.3 Å². The van der Waals surface area contributed by atoms with Crippen molar-refractivity contribution in [2.45, 2.75) is 78.2 Å². The predicted octanol–water partition coefficient (Wildman–Crippen LogP) is 5.76. The van der Waals surface area contributed by atoms with Gasteiger partial charge in [0.1, 0.15) is 12.4 Å². The van der Waals surface area contributed by atoms with Crippen molar-refractivity contribution in [1.29, 1.82) is 0 Å². The van der Waals surface area contributed by atoms with Gasteiger partial charge in [-0.1, -0.05) is 65.5 Å². The van der Waals surface area contributed by atoms with Crippen LogP contribution in [0.2, 0.25) is 5.02 Å². The van der Waals surface area contributed by atoms with Gasteiger partial charge in [0.25, 0.3) is 0 Å². The van der Waals surface area contributed by atoms with Crippen molar-refractivity contribution in [2.75, 3.05) is 18.4 Å². The highest BCUT2D eigenvalue weighted by atomic mass is 35.5. The molecule has 7 nitrogen and oxygen atoms in total. The molecule has 0 atom stereocenters. The Balaban J connectivity index is 1.77. The molecule has 34 heavy (non-hydrogen) atoms. The molecule has 0 radical (unpaired) electrons. The molecule has 1 aliphatic rings. The zero-order valence-corrected chi connectivity index (χ0v) is 21.8. The molecule has 1 fully saturated rings. The van der Waals surface area contributed by atoms with Gasteiger partial charge in [0.15, 0.2) is 0 Å². The van der Waals surface area contributed by atoms with Crippen LogP contribution in [0.5, 0.6) is 0 Å². The Morgan fingerprint density at radius 3 is 2.38 bits per heavy atom.